The van der Waals surface area contributed by atoms with E-state index in [0.717, 1.165) is 6.42 Å². The van der Waals surface area contributed by atoms with Crippen molar-refractivity contribution in [3.8, 4) is 12.3 Å². The van der Waals surface area contributed by atoms with Crippen LogP contribution in [0.3, 0.4) is 0 Å². The lowest BCUT2D eigenvalue weighted by molar-refractivity contribution is -0.119. The fourth-order valence-electron chi connectivity index (χ4n) is 0.897. The molecule has 0 aliphatic rings. The fraction of sp³-hybridized carbons (Fsp3) is 0.667. The van der Waals surface area contributed by atoms with E-state index in [2.05, 4.69) is 11.2 Å². The zero-order valence-electron chi connectivity index (χ0n) is 7.92. The summed E-state index contributed by atoms with van der Waals surface area (Å²) in [5.74, 6) is 2.06. The highest BCUT2D eigenvalue weighted by molar-refractivity contribution is 5.79. The van der Waals surface area contributed by atoms with Gasteiger partial charge in [0.25, 0.3) is 0 Å². The maximum Gasteiger partial charge on any atom is 0.235 e. The van der Waals surface area contributed by atoms with Crippen molar-refractivity contribution in [1.29, 1.82) is 0 Å². The number of carbonyl (C=O) groups is 1. The Kier molecular flexibility index (Phi) is 5.94. The molecule has 2 unspecified atom stereocenters. The van der Waals surface area contributed by atoms with Crippen LogP contribution < -0.4 is 16.8 Å². The average Bonchev–Trinajstić information content (AvgIpc) is 2.11. The van der Waals surface area contributed by atoms with Crippen LogP contribution in [0.5, 0.6) is 0 Å². The topological polar surface area (TPSA) is 81.1 Å². The highest BCUT2D eigenvalue weighted by atomic mass is 16.1. The number of hydrogen-bond acceptors (Lipinski definition) is 3. The Hall–Kier alpha value is -1.05. The van der Waals surface area contributed by atoms with Crippen molar-refractivity contribution < 1.29 is 4.79 Å². The average molecular weight is 183 g/mol. The lowest BCUT2D eigenvalue weighted by Gasteiger charge is -2.16. The lowest BCUT2D eigenvalue weighted by Crippen LogP contribution is -2.46. The number of nitrogens with one attached hydrogen (secondary N) is 1. The maximum absolute atomic E-state index is 10.6. The van der Waals surface area contributed by atoms with E-state index in [1.54, 1.807) is 0 Å². The first-order chi connectivity index (χ1) is 6.11. The molecule has 74 valence electrons. The molecule has 4 heteroatoms. The quantitative estimate of drug-likeness (QED) is 0.471. The Morgan fingerprint density at radius 1 is 1.69 bits per heavy atom. The number of amides is 1. The van der Waals surface area contributed by atoms with Gasteiger partial charge in [0.05, 0.1) is 6.04 Å². The summed E-state index contributed by atoms with van der Waals surface area (Å²) < 4.78 is 0. The molecule has 0 aromatic heterocycles. The first-order valence-corrected chi connectivity index (χ1v) is 4.33. The van der Waals surface area contributed by atoms with Crippen LogP contribution in [0.1, 0.15) is 19.8 Å². The zero-order valence-corrected chi connectivity index (χ0v) is 7.92. The van der Waals surface area contributed by atoms with Crippen molar-refractivity contribution in [2.75, 3.05) is 6.54 Å². The number of terminal acetylenes is 1. The number of nitrogens with two attached hydrogens (primary N) is 2. The van der Waals surface area contributed by atoms with E-state index in [1.807, 2.05) is 6.92 Å². The van der Waals surface area contributed by atoms with E-state index in [4.69, 9.17) is 17.9 Å². The van der Waals surface area contributed by atoms with Crippen molar-refractivity contribution in [2.24, 2.45) is 11.5 Å². The summed E-state index contributed by atoms with van der Waals surface area (Å²) in [5.41, 5.74) is 10.4. The summed E-state index contributed by atoms with van der Waals surface area (Å²) in [6.45, 7) is 2.40. The normalized spacial score (nSPS) is 14.5. The van der Waals surface area contributed by atoms with E-state index < -0.39 is 11.9 Å². The summed E-state index contributed by atoms with van der Waals surface area (Å²) in [6.07, 6.45) is 6.71. The Morgan fingerprint density at radius 2 is 2.31 bits per heavy atom. The minimum Gasteiger partial charge on any atom is -0.368 e. The van der Waals surface area contributed by atoms with E-state index in [-0.39, 0.29) is 6.04 Å². The molecule has 0 radical (unpaired) electrons. The van der Waals surface area contributed by atoms with Gasteiger partial charge in [0.2, 0.25) is 5.91 Å². The molecule has 0 heterocycles. The third-order valence-corrected chi connectivity index (χ3v) is 1.85. The van der Waals surface area contributed by atoms with E-state index >= 15 is 0 Å². The van der Waals surface area contributed by atoms with Gasteiger partial charge >= 0.3 is 0 Å². The highest BCUT2D eigenvalue weighted by Crippen LogP contribution is 1.95. The third kappa shape index (κ3) is 5.23. The SMILES string of the molecule is C#CCC(CC)NCC(N)C(N)=O. The van der Waals surface area contributed by atoms with Gasteiger partial charge in [0, 0.05) is 19.0 Å². The van der Waals surface area contributed by atoms with Crippen molar-refractivity contribution in [1.82, 2.24) is 5.32 Å². The molecule has 0 bridgehead atoms. The van der Waals surface area contributed by atoms with Gasteiger partial charge < -0.3 is 16.8 Å². The van der Waals surface area contributed by atoms with Crippen LogP contribution in [0.25, 0.3) is 0 Å². The molecule has 0 fully saturated rings. The smallest absolute Gasteiger partial charge is 0.235 e. The second kappa shape index (κ2) is 6.46. The molecule has 2 atom stereocenters. The van der Waals surface area contributed by atoms with Crippen molar-refractivity contribution in [3.05, 3.63) is 0 Å². The monoisotopic (exact) mass is 183 g/mol. The van der Waals surface area contributed by atoms with Gasteiger partial charge in [0.15, 0.2) is 0 Å². The lowest BCUT2D eigenvalue weighted by atomic mass is 10.1. The molecule has 0 aromatic rings. The molecular weight excluding hydrogens is 166 g/mol. The highest BCUT2D eigenvalue weighted by Gasteiger charge is 2.11. The van der Waals surface area contributed by atoms with Gasteiger partial charge in [-0.3, -0.25) is 4.79 Å². The second-order valence-electron chi connectivity index (χ2n) is 2.93. The van der Waals surface area contributed by atoms with Crippen LogP contribution in [0.4, 0.5) is 0 Å². The van der Waals surface area contributed by atoms with E-state index in [9.17, 15) is 4.79 Å². The molecule has 5 N–H and O–H groups in total. The van der Waals surface area contributed by atoms with E-state index in [1.165, 1.54) is 0 Å². The number of carbonyl (C=O) groups excluding carboxylic acids is 1. The van der Waals surface area contributed by atoms with Gasteiger partial charge in [-0.2, -0.15) is 0 Å². The summed E-state index contributed by atoms with van der Waals surface area (Å²) in [4.78, 5) is 10.6. The molecule has 1 amide bonds. The predicted octanol–water partition coefficient (Wildman–Crippen LogP) is -0.809. The van der Waals surface area contributed by atoms with Gasteiger partial charge in [0.1, 0.15) is 0 Å². The first-order valence-electron chi connectivity index (χ1n) is 4.33. The summed E-state index contributed by atoms with van der Waals surface area (Å²) >= 11 is 0. The van der Waals surface area contributed by atoms with Crippen LogP contribution in [-0.2, 0) is 4.79 Å². The molecule has 0 aromatic carbocycles. The van der Waals surface area contributed by atoms with Crippen LogP contribution in [-0.4, -0.2) is 24.5 Å². The Labute approximate surface area is 79.0 Å². The minimum atomic E-state index is -0.633. The largest absolute Gasteiger partial charge is 0.368 e. The number of hydrogen-bond donors (Lipinski definition) is 3. The summed E-state index contributed by atoms with van der Waals surface area (Å²) in [5, 5.41) is 3.08. The van der Waals surface area contributed by atoms with Crippen LogP contribution in [0.15, 0.2) is 0 Å². The fourth-order valence-corrected chi connectivity index (χ4v) is 0.897. The second-order valence-corrected chi connectivity index (χ2v) is 2.93. The number of rotatable bonds is 6. The van der Waals surface area contributed by atoms with Gasteiger partial charge in [-0.15, -0.1) is 12.3 Å². The Morgan fingerprint density at radius 3 is 2.69 bits per heavy atom. The molecule has 0 saturated heterocycles. The Bertz CT molecular complexity index is 198. The van der Waals surface area contributed by atoms with Gasteiger partial charge in [-0.25, -0.2) is 0 Å². The van der Waals surface area contributed by atoms with Crippen molar-refractivity contribution in [2.45, 2.75) is 31.8 Å². The molecule has 0 saturated carbocycles. The predicted molar refractivity (Wildman–Crippen MR) is 52.7 cm³/mol. The van der Waals surface area contributed by atoms with Crippen LogP contribution in [0, 0.1) is 12.3 Å². The van der Waals surface area contributed by atoms with Crippen LogP contribution in [0.2, 0.25) is 0 Å². The van der Waals surface area contributed by atoms with Crippen LogP contribution >= 0.6 is 0 Å². The van der Waals surface area contributed by atoms with Crippen molar-refractivity contribution in [3.63, 3.8) is 0 Å². The molecule has 0 rings (SSSR count). The minimum absolute atomic E-state index is 0.218. The first kappa shape index (κ1) is 11.9. The molecule has 0 aliphatic heterocycles. The molecule has 4 nitrogen and oxygen atoms in total. The summed E-state index contributed by atoms with van der Waals surface area (Å²) in [6, 6.07) is -0.415. The Balaban J connectivity index is 3.72. The standard InChI is InChI=1S/C9H17N3O/c1-3-5-7(4-2)12-6-8(10)9(11)13/h1,7-8,12H,4-6,10H2,2H3,(H2,11,13). The zero-order chi connectivity index (χ0) is 10.3. The molecule has 13 heavy (non-hydrogen) atoms. The third-order valence-electron chi connectivity index (χ3n) is 1.85. The maximum atomic E-state index is 10.6. The van der Waals surface area contributed by atoms with Gasteiger partial charge in [-0.05, 0) is 6.42 Å². The van der Waals surface area contributed by atoms with E-state index in [0.29, 0.717) is 13.0 Å². The van der Waals surface area contributed by atoms with Gasteiger partial charge in [-0.1, -0.05) is 6.92 Å². The summed E-state index contributed by atoms with van der Waals surface area (Å²) in [7, 11) is 0. The van der Waals surface area contributed by atoms with Crippen molar-refractivity contribution >= 4 is 5.91 Å². The molecule has 0 spiro atoms. The molecule has 0 aliphatic carbocycles. The number of primary amides is 1. The molecular formula is C9H17N3O.